The highest BCUT2D eigenvalue weighted by atomic mass is 35.5. The van der Waals surface area contributed by atoms with Crippen molar-refractivity contribution in [2.45, 2.75) is 31.4 Å². The molecule has 2 aliphatic heterocycles. The standard InChI is InChI=1S/C19H28N2O2.2ClH/c1-3-4-16-11-15(5-6-18(16)23-2)13-21-10-8-19(22)7-9-20-12-17(19)14-21;;/h3,5-6,11,17,20,22H,1,4,7-10,12-14H2,2H3;2*1H/t17-,19-;;/m0../s1. The summed E-state index contributed by atoms with van der Waals surface area (Å²) in [6, 6.07) is 6.42. The van der Waals surface area contributed by atoms with Crippen LogP contribution < -0.4 is 10.1 Å². The van der Waals surface area contributed by atoms with Crippen LogP contribution >= 0.6 is 24.8 Å². The van der Waals surface area contributed by atoms with Gasteiger partial charge in [0.1, 0.15) is 5.75 Å². The average molecular weight is 389 g/mol. The van der Waals surface area contributed by atoms with Gasteiger partial charge in [-0.05, 0) is 43.0 Å². The van der Waals surface area contributed by atoms with Gasteiger partial charge in [-0.3, -0.25) is 4.90 Å². The lowest BCUT2D eigenvalue weighted by Crippen LogP contribution is -2.58. The zero-order chi connectivity index (χ0) is 16.3. The number of nitrogens with one attached hydrogen (secondary N) is 1. The smallest absolute Gasteiger partial charge is 0.122 e. The van der Waals surface area contributed by atoms with Crippen LogP contribution in [0.5, 0.6) is 5.75 Å². The number of hydrogen-bond acceptors (Lipinski definition) is 4. The van der Waals surface area contributed by atoms with Crippen molar-refractivity contribution in [3.8, 4) is 5.75 Å². The lowest BCUT2D eigenvalue weighted by molar-refractivity contribution is -0.0899. The maximum atomic E-state index is 10.8. The number of rotatable bonds is 5. The second-order valence-corrected chi connectivity index (χ2v) is 6.88. The van der Waals surface area contributed by atoms with Gasteiger partial charge >= 0.3 is 0 Å². The average Bonchev–Trinajstić information content (AvgIpc) is 2.56. The zero-order valence-electron chi connectivity index (χ0n) is 14.9. The van der Waals surface area contributed by atoms with Crippen molar-refractivity contribution in [1.29, 1.82) is 0 Å². The molecule has 0 unspecified atom stereocenters. The third-order valence-corrected chi connectivity index (χ3v) is 5.34. The normalized spacial score (nSPS) is 25.9. The molecule has 4 nitrogen and oxygen atoms in total. The molecule has 0 spiro atoms. The molecular formula is C19H30Cl2N2O2. The largest absolute Gasteiger partial charge is 0.496 e. The number of nitrogens with zero attached hydrogens (tertiary/aromatic N) is 1. The molecule has 25 heavy (non-hydrogen) atoms. The fraction of sp³-hybridized carbons (Fsp3) is 0.579. The SMILES string of the molecule is C=CCc1cc(CN2CC[C@@]3(O)CCNC[C@H]3C2)ccc1OC.Cl.Cl. The molecule has 0 amide bonds. The highest BCUT2D eigenvalue weighted by Crippen LogP contribution is 2.33. The maximum absolute atomic E-state index is 10.8. The van der Waals surface area contributed by atoms with E-state index >= 15 is 0 Å². The van der Waals surface area contributed by atoms with E-state index in [0.29, 0.717) is 5.92 Å². The van der Waals surface area contributed by atoms with Crippen LogP contribution in [-0.4, -0.2) is 48.9 Å². The van der Waals surface area contributed by atoms with E-state index in [0.717, 1.165) is 57.7 Å². The molecule has 2 N–H and O–H groups in total. The number of allylic oxidation sites excluding steroid dienone is 1. The number of benzene rings is 1. The van der Waals surface area contributed by atoms with Gasteiger partial charge in [0.05, 0.1) is 12.7 Å². The van der Waals surface area contributed by atoms with Crippen molar-refractivity contribution < 1.29 is 9.84 Å². The van der Waals surface area contributed by atoms with E-state index in [4.69, 9.17) is 4.74 Å². The summed E-state index contributed by atoms with van der Waals surface area (Å²) in [6.45, 7) is 8.56. The van der Waals surface area contributed by atoms with E-state index in [-0.39, 0.29) is 24.8 Å². The predicted octanol–water partition coefficient (Wildman–Crippen LogP) is 2.81. The molecule has 142 valence electrons. The van der Waals surface area contributed by atoms with Crippen molar-refractivity contribution in [3.05, 3.63) is 42.0 Å². The topological polar surface area (TPSA) is 44.7 Å². The minimum atomic E-state index is -0.449. The number of likely N-dealkylation sites (tertiary alicyclic amines) is 1. The Hall–Kier alpha value is -0.780. The number of halogens is 2. The van der Waals surface area contributed by atoms with Crippen molar-refractivity contribution in [3.63, 3.8) is 0 Å². The fourth-order valence-corrected chi connectivity index (χ4v) is 3.94. The van der Waals surface area contributed by atoms with Gasteiger partial charge in [0.25, 0.3) is 0 Å². The van der Waals surface area contributed by atoms with Gasteiger partial charge in [0.15, 0.2) is 0 Å². The van der Waals surface area contributed by atoms with Crippen LogP contribution in [0.1, 0.15) is 24.0 Å². The Labute approximate surface area is 163 Å². The first-order valence-corrected chi connectivity index (χ1v) is 8.57. The number of ether oxygens (including phenoxy) is 1. The Morgan fingerprint density at radius 2 is 2.20 bits per heavy atom. The van der Waals surface area contributed by atoms with Crippen molar-refractivity contribution in [2.24, 2.45) is 5.92 Å². The van der Waals surface area contributed by atoms with E-state index in [1.54, 1.807) is 7.11 Å². The first-order valence-electron chi connectivity index (χ1n) is 8.57. The molecule has 0 radical (unpaired) electrons. The number of aliphatic hydroxyl groups is 1. The summed E-state index contributed by atoms with van der Waals surface area (Å²) in [5.74, 6) is 1.27. The van der Waals surface area contributed by atoms with Crippen molar-refractivity contribution in [1.82, 2.24) is 10.2 Å². The minimum absolute atomic E-state index is 0. The van der Waals surface area contributed by atoms with Crippen LogP contribution in [-0.2, 0) is 13.0 Å². The zero-order valence-corrected chi connectivity index (χ0v) is 16.5. The second-order valence-electron chi connectivity index (χ2n) is 6.88. The van der Waals surface area contributed by atoms with Crippen LogP contribution in [0.15, 0.2) is 30.9 Å². The fourth-order valence-electron chi connectivity index (χ4n) is 3.94. The summed E-state index contributed by atoms with van der Waals surface area (Å²) < 4.78 is 5.42. The molecule has 2 atom stereocenters. The number of fused-ring (bicyclic) bond motifs is 1. The summed E-state index contributed by atoms with van der Waals surface area (Å²) in [6.07, 6.45) is 4.51. The summed E-state index contributed by atoms with van der Waals surface area (Å²) in [4.78, 5) is 2.46. The molecule has 1 aromatic rings. The van der Waals surface area contributed by atoms with Gasteiger partial charge in [-0.1, -0.05) is 18.2 Å². The molecule has 3 rings (SSSR count). The number of hydrogen-bond donors (Lipinski definition) is 2. The third kappa shape index (κ3) is 5.11. The predicted molar refractivity (Wildman–Crippen MR) is 107 cm³/mol. The molecule has 0 saturated carbocycles. The molecule has 2 saturated heterocycles. The Kier molecular flexibility index (Phi) is 8.72. The first kappa shape index (κ1) is 22.3. The van der Waals surface area contributed by atoms with Gasteiger partial charge in [0, 0.05) is 32.1 Å². The Morgan fingerprint density at radius 1 is 1.40 bits per heavy atom. The second kappa shape index (κ2) is 9.79. The van der Waals surface area contributed by atoms with E-state index in [9.17, 15) is 5.11 Å². The van der Waals surface area contributed by atoms with E-state index in [2.05, 4.69) is 35.0 Å². The van der Waals surface area contributed by atoms with Gasteiger partial charge in [0.2, 0.25) is 0 Å². The maximum Gasteiger partial charge on any atom is 0.122 e. The molecular weight excluding hydrogens is 359 g/mol. The Bertz CT molecular complexity index is 570. The van der Waals surface area contributed by atoms with E-state index < -0.39 is 5.60 Å². The van der Waals surface area contributed by atoms with Gasteiger partial charge in [-0.2, -0.15) is 0 Å². The molecule has 2 heterocycles. The lowest BCUT2D eigenvalue weighted by Gasteiger charge is -2.47. The molecule has 0 bridgehead atoms. The van der Waals surface area contributed by atoms with Gasteiger partial charge < -0.3 is 15.2 Å². The Balaban J connectivity index is 0.00000156. The molecule has 2 fully saturated rings. The van der Waals surface area contributed by atoms with Gasteiger partial charge in [-0.25, -0.2) is 0 Å². The van der Waals surface area contributed by atoms with Crippen molar-refractivity contribution >= 4 is 24.8 Å². The quantitative estimate of drug-likeness (QED) is 0.761. The van der Waals surface area contributed by atoms with Crippen LogP contribution in [0.4, 0.5) is 0 Å². The highest BCUT2D eigenvalue weighted by Gasteiger charge is 2.42. The van der Waals surface area contributed by atoms with Crippen molar-refractivity contribution in [2.75, 3.05) is 33.3 Å². The lowest BCUT2D eigenvalue weighted by atomic mass is 9.76. The first-order chi connectivity index (χ1) is 11.1. The van der Waals surface area contributed by atoms with E-state index in [1.165, 1.54) is 11.1 Å². The summed E-state index contributed by atoms with van der Waals surface area (Å²) in [5, 5.41) is 14.2. The van der Waals surface area contributed by atoms with Crippen LogP contribution in [0, 0.1) is 5.92 Å². The summed E-state index contributed by atoms with van der Waals surface area (Å²) >= 11 is 0. The molecule has 1 aromatic carbocycles. The highest BCUT2D eigenvalue weighted by molar-refractivity contribution is 5.85. The third-order valence-electron chi connectivity index (χ3n) is 5.34. The molecule has 0 aromatic heterocycles. The Morgan fingerprint density at radius 3 is 2.92 bits per heavy atom. The van der Waals surface area contributed by atoms with Crippen LogP contribution in [0.3, 0.4) is 0 Å². The van der Waals surface area contributed by atoms with Crippen LogP contribution in [0.25, 0.3) is 0 Å². The number of methoxy groups -OCH3 is 1. The van der Waals surface area contributed by atoms with Crippen LogP contribution in [0.2, 0.25) is 0 Å². The van der Waals surface area contributed by atoms with Gasteiger partial charge in [-0.15, -0.1) is 31.4 Å². The number of piperidine rings is 2. The molecule has 0 aliphatic carbocycles. The summed E-state index contributed by atoms with van der Waals surface area (Å²) in [5.41, 5.74) is 2.04. The molecule has 2 aliphatic rings. The van der Waals surface area contributed by atoms with E-state index in [1.807, 2.05) is 6.08 Å². The minimum Gasteiger partial charge on any atom is -0.496 e. The monoisotopic (exact) mass is 388 g/mol. The molecule has 6 heteroatoms. The summed E-state index contributed by atoms with van der Waals surface area (Å²) in [7, 11) is 1.71.